The maximum atomic E-state index is 12.3. The Balaban J connectivity index is 1.79. The molecule has 0 saturated carbocycles. The van der Waals surface area contributed by atoms with Gasteiger partial charge in [0.25, 0.3) is 0 Å². The third-order valence-corrected chi connectivity index (χ3v) is 5.23. The maximum absolute atomic E-state index is 12.3. The molecule has 0 spiro atoms. The number of sulfonamides is 1. The van der Waals surface area contributed by atoms with Crippen molar-refractivity contribution >= 4 is 21.6 Å². The highest BCUT2D eigenvalue weighted by Gasteiger charge is 2.26. The minimum atomic E-state index is -3.52. The summed E-state index contributed by atoms with van der Waals surface area (Å²) in [7, 11) is -3.52. The van der Waals surface area contributed by atoms with E-state index in [-0.39, 0.29) is 10.9 Å². The lowest BCUT2D eigenvalue weighted by atomic mass is 10.1. The molecule has 104 valence electrons. The summed E-state index contributed by atoms with van der Waals surface area (Å²) >= 11 is 5.85. The molecule has 0 aliphatic heterocycles. The Labute approximate surface area is 123 Å². The van der Waals surface area contributed by atoms with Crippen molar-refractivity contribution in [1.29, 1.82) is 0 Å². The largest absolute Gasteiger partial charge is 0.240 e. The third-order valence-electron chi connectivity index (χ3n) is 3.48. The second-order valence-electron chi connectivity index (χ2n) is 4.95. The standard InChI is InChI=1S/C15H14ClNO2S/c16-13-6-3-7-15(10-13)20(18,19)17-14-8-11-4-1-2-5-12(11)9-14/h1-7,10,14,17H,8-9H2. The van der Waals surface area contributed by atoms with E-state index in [1.807, 2.05) is 24.3 Å². The Morgan fingerprint density at radius 2 is 1.65 bits per heavy atom. The molecule has 0 fully saturated rings. The van der Waals surface area contributed by atoms with Crippen molar-refractivity contribution in [3.8, 4) is 0 Å². The van der Waals surface area contributed by atoms with Gasteiger partial charge >= 0.3 is 0 Å². The van der Waals surface area contributed by atoms with Gasteiger partial charge in [0.1, 0.15) is 0 Å². The summed E-state index contributed by atoms with van der Waals surface area (Å²) in [5, 5.41) is 0.419. The summed E-state index contributed by atoms with van der Waals surface area (Å²) in [6.07, 6.45) is 1.46. The summed E-state index contributed by atoms with van der Waals surface area (Å²) in [5.74, 6) is 0. The van der Waals surface area contributed by atoms with E-state index in [1.54, 1.807) is 18.2 Å². The third kappa shape index (κ3) is 2.73. The Morgan fingerprint density at radius 1 is 1.00 bits per heavy atom. The van der Waals surface area contributed by atoms with Crippen molar-refractivity contribution < 1.29 is 8.42 Å². The Bertz CT molecular complexity index is 718. The van der Waals surface area contributed by atoms with Crippen LogP contribution in [0.4, 0.5) is 0 Å². The van der Waals surface area contributed by atoms with Crippen molar-refractivity contribution in [1.82, 2.24) is 4.72 Å². The van der Waals surface area contributed by atoms with Crippen LogP contribution in [0.1, 0.15) is 11.1 Å². The summed E-state index contributed by atoms with van der Waals surface area (Å²) < 4.78 is 27.4. The number of halogens is 1. The minimum absolute atomic E-state index is 0.0867. The van der Waals surface area contributed by atoms with Crippen LogP contribution in [-0.2, 0) is 22.9 Å². The van der Waals surface area contributed by atoms with E-state index in [9.17, 15) is 8.42 Å². The normalized spacial score (nSPS) is 15.2. The van der Waals surface area contributed by atoms with Gasteiger partial charge in [0, 0.05) is 11.1 Å². The Kier molecular flexibility index (Phi) is 3.54. The van der Waals surface area contributed by atoms with Crippen molar-refractivity contribution in [2.24, 2.45) is 0 Å². The minimum Gasteiger partial charge on any atom is -0.207 e. The molecular formula is C15H14ClNO2S. The second-order valence-corrected chi connectivity index (χ2v) is 7.10. The molecular weight excluding hydrogens is 294 g/mol. The molecule has 1 aliphatic rings. The smallest absolute Gasteiger partial charge is 0.207 e. The molecule has 3 nitrogen and oxygen atoms in total. The first-order valence-electron chi connectivity index (χ1n) is 6.39. The maximum Gasteiger partial charge on any atom is 0.240 e. The van der Waals surface area contributed by atoms with Gasteiger partial charge in [-0.05, 0) is 42.2 Å². The zero-order chi connectivity index (χ0) is 14.2. The topological polar surface area (TPSA) is 46.2 Å². The van der Waals surface area contributed by atoms with Gasteiger partial charge in [-0.2, -0.15) is 0 Å². The van der Waals surface area contributed by atoms with Crippen LogP contribution in [0, 0.1) is 0 Å². The first kappa shape index (κ1) is 13.6. The fourth-order valence-electron chi connectivity index (χ4n) is 2.56. The average molecular weight is 308 g/mol. The average Bonchev–Trinajstić information content (AvgIpc) is 2.80. The van der Waals surface area contributed by atoms with Crippen LogP contribution < -0.4 is 4.72 Å². The predicted molar refractivity (Wildman–Crippen MR) is 79.4 cm³/mol. The molecule has 0 bridgehead atoms. The molecule has 3 rings (SSSR count). The summed E-state index contributed by atoms with van der Waals surface area (Å²) in [4.78, 5) is 0.209. The fraction of sp³-hybridized carbons (Fsp3) is 0.200. The lowest BCUT2D eigenvalue weighted by molar-refractivity contribution is 0.555. The molecule has 0 heterocycles. The van der Waals surface area contributed by atoms with Crippen LogP contribution in [0.3, 0.4) is 0 Å². The first-order valence-corrected chi connectivity index (χ1v) is 8.25. The van der Waals surface area contributed by atoms with Crippen molar-refractivity contribution in [2.75, 3.05) is 0 Å². The van der Waals surface area contributed by atoms with Gasteiger partial charge in [0.05, 0.1) is 4.90 Å². The SMILES string of the molecule is O=S(=O)(NC1Cc2ccccc2C1)c1cccc(Cl)c1. The molecule has 2 aromatic rings. The lowest BCUT2D eigenvalue weighted by Gasteiger charge is -2.12. The Morgan fingerprint density at radius 3 is 2.25 bits per heavy atom. The number of rotatable bonds is 3. The zero-order valence-corrected chi connectivity index (χ0v) is 12.3. The molecule has 1 N–H and O–H groups in total. The highest BCUT2D eigenvalue weighted by Crippen LogP contribution is 2.23. The van der Waals surface area contributed by atoms with E-state index < -0.39 is 10.0 Å². The monoisotopic (exact) mass is 307 g/mol. The van der Waals surface area contributed by atoms with Crippen LogP contribution in [0.2, 0.25) is 5.02 Å². The Hall–Kier alpha value is -1.36. The van der Waals surface area contributed by atoms with Crippen LogP contribution in [0.15, 0.2) is 53.4 Å². The predicted octanol–water partition coefficient (Wildman–Crippen LogP) is 2.79. The van der Waals surface area contributed by atoms with Gasteiger partial charge in [-0.25, -0.2) is 13.1 Å². The van der Waals surface area contributed by atoms with E-state index in [0.29, 0.717) is 5.02 Å². The fourth-order valence-corrected chi connectivity index (χ4v) is 4.10. The number of fused-ring (bicyclic) bond motifs is 1. The first-order chi connectivity index (χ1) is 9.54. The van der Waals surface area contributed by atoms with Gasteiger partial charge < -0.3 is 0 Å². The molecule has 1 aliphatic carbocycles. The van der Waals surface area contributed by atoms with Crippen molar-refractivity contribution in [3.63, 3.8) is 0 Å². The summed E-state index contributed by atoms with van der Waals surface area (Å²) in [5.41, 5.74) is 2.43. The van der Waals surface area contributed by atoms with E-state index in [2.05, 4.69) is 4.72 Å². The zero-order valence-electron chi connectivity index (χ0n) is 10.7. The van der Waals surface area contributed by atoms with E-state index in [0.717, 1.165) is 12.8 Å². The number of hydrogen-bond donors (Lipinski definition) is 1. The van der Waals surface area contributed by atoms with Gasteiger partial charge in [0.2, 0.25) is 10.0 Å². The van der Waals surface area contributed by atoms with Crippen molar-refractivity contribution in [2.45, 2.75) is 23.8 Å². The van der Waals surface area contributed by atoms with Crippen LogP contribution in [-0.4, -0.2) is 14.5 Å². The number of nitrogens with one attached hydrogen (secondary N) is 1. The quantitative estimate of drug-likeness (QED) is 0.948. The molecule has 2 aromatic carbocycles. The molecule has 0 amide bonds. The van der Waals surface area contributed by atoms with Gasteiger partial charge in [0.15, 0.2) is 0 Å². The summed E-state index contributed by atoms with van der Waals surface area (Å²) in [6.45, 7) is 0. The molecule has 20 heavy (non-hydrogen) atoms. The lowest BCUT2D eigenvalue weighted by Crippen LogP contribution is -2.35. The van der Waals surface area contributed by atoms with Gasteiger partial charge in [-0.1, -0.05) is 41.9 Å². The van der Waals surface area contributed by atoms with E-state index >= 15 is 0 Å². The van der Waals surface area contributed by atoms with E-state index in [1.165, 1.54) is 17.2 Å². The van der Waals surface area contributed by atoms with Gasteiger partial charge in [-0.3, -0.25) is 0 Å². The molecule has 5 heteroatoms. The number of benzene rings is 2. The van der Waals surface area contributed by atoms with Crippen LogP contribution >= 0.6 is 11.6 Å². The highest BCUT2D eigenvalue weighted by molar-refractivity contribution is 7.89. The number of hydrogen-bond acceptors (Lipinski definition) is 2. The van der Waals surface area contributed by atoms with Crippen LogP contribution in [0.25, 0.3) is 0 Å². The summed E-state index contributed by atoms with van der Waals surface area (Å²) in [6, 6.07) is 14.3. The molecule has 0 saturated heterocycles. The molecule has 0 aromatic heterocycles. The highest BCUT2D eigenvalue weighted by atomic mass is 35.5. The van der Waals surface area contributed by atoms with Gasteiger partial charge in [-0.15, -0.1) is 0 Å². The second kappa shape index (κ2) is 5.20. The molecule has 0 atom stereocenters. The molecule has 0 unspecified atom stereocenters. The van der Waals surface area contributed by atoms with Crippen LogP contribution in [0.5, 0.6) is 0 Å². The van der Waals surface area contributed by atoms with E-state index in [4.69, 9.17) is 11.6 Å². The van der Waals surface area contributed by atoms with Crippen molar-refractivity contribution in [3.05, 3.63) is 64.7 Å². The molecule has 0 radical (unpaired) electrons.